The molecule has 1 aromatic rings. The molecule has 1 aliphatic heterocycles. The fraction of sp³-hybridized carbons (Fsp3) is 0.571. The van der Waals surface area contributed by atoms with Gasteiger partial charge in [-0.15, -0.1) is 0 Å². The molecule has 2 rings (SSSR count). The van der Waals surface area contributed by atoms with Crippen molar-refractivity contribution >= 4 is 0 Å². The Balaban J connectivity index is 2.10. The molecule has 0 unspecified atom stereocenters. The molecule has 2 N–H and O–H groups in total. The van der Waals surface area contributed by atoms with Gasteiger partial charge in [0, 0.05) is 25.7 Å². The molecule has 1 heterocycles. The number of rotatable bonds is 3. The molecule has 0 radical (unpaired) electrons. The standard InChI is InChI=1S/C14H18F4N2O/c1-9(19)13-8-20(2-3-21-13)7-10-4-11(14(16,17)18)6-12(15)5-10/h4-6,9,13H,2-3,7-8,19H2,1H3/t9-,13-/m0/s1. The van der Waals surface area contributed by atoms with Crippen LogP contribution in [0.25, 0.3) is 0 Å². The first kappa shape index (κ1) is 16.2. The van der Waals surface area contributed by atoms with E-state index in [0.717, 1.165) is 12.1 Å². The molecule has 7 heteroatoms. The molecule has 0 bridgehead atoms. The Morgan fingerprint density at radius 1 is 1.38 bits per heavy atom. The van der Waals surface area contributed by atoms with Crippen LogP contribution in [0.3, 0.4) is 0 Å². The van der Waals surface area contributed by atoms with E-state index in [1.807, 2.05) is 11.8 Å². The summed E-state index contributed by atoms with van der Waals surface area (Å²) >= 11 is 0. The van der Waals surface area contributed by atoms with Crippen LogP contribution in [-0.2, 0) is 17.5 Å². The van der Waals surface area contributed by atoms with Gasteiger partial charge in [0.2, 0.25) is 0 Å². The molecule has 1 fully saturated rings. The van der Waals surface area contributed by atoms with E-state index in [1.54, 1.807) is 0 Å². The molecule has 118 valence electrons. The predicted molar refractivity (Wildman–Crippen MR) is 70.1 cm³/mol. The molecule has 1 saturated heterocycles. The predicted octanol–water partition coefficient (Wildman–Crippen LogP) is 2.39. The van der Waals surface area contributed by atoms with Crippen molar-refractivity contribution in [2.75, 3.05) is 19.7 Å². The second-order valence-electron chi connectivity index (χ2n) is 5.35. The van der Waals surface area contributed by atoms with Gasteiger partial charge in [-0.3, -0.25) is 4.90 Å². The highest BCUT2D eigenvalue weighted by Gasteiger charge is 2.31. The SMILES string of the molecule is C[C@H](N)[C@@H]1CN(Cc2cc(F)cc(C(F)(F)F)c2)CCO1. The third-order valence-corrected chi connectivity index (χ3v) is 3.46. The van der Waals surface area contributed by atoms with Gasteiger partial charge in [-0.05, 0) is 30.7 Å². The largest absolute Gasteiger partial charge is 0.416 e. The molecule has 3 nitrogen and oxygen atoms in total. The summed E-state index contributed by atoms with van der Waals surface area (Å²) in [6.45, 7) is 3.63. The average Bonchev–Trinajstić information content (AvgIpc) is 2.37. The summed E-state index contributed by atoms with van der Waals surface area (Å²) in [5.74, 6) is -0.878. The highest BCUT2D eigenvalue weighted by atomic mass is 19.4. The summed E-state index contributed by atoms with van der Waals surface area (Å²) in [7, 11) is 0. The summed E-state index contributed by atoms with van der Waals surface area (Å²) in [6, 6.07) is 2.46. The van der Waals surface area contributed by atoms with E-state index in [-0.39, 0.29) is 18.7 Å². The second-order valence-corrected chi connectivity index (χ2v) is 5.35. The first-order chi connectivity index (χ1) is 9.75. The van der Waals surface area contributed by atoms with Gasteiger partial charge in [0.15, 0.2) is 0 Å². The molecule has 1 aliphatic rings. The molecular weight excluding hydrogens is 288 g/mol. The third kappa shape index (κ3) is 4.39. The van der Waals surface area contributed by atoms with Crippen molar-refractivity contribution in [1.82, 2.24) is 4.90 Å². The summed E-state index contributed by atoms with van der Waals surface area (Å²) < 4.78 is 56.9. The van der Waals surface area contributed by atoms with Crippen molar-refractivity contribution in [2.45, 2.75) is 31.8 Å². The number of alkyl halides is 3. The van der Waals surface area contributed by atoms with Crippen LogP contribution < -0.4 is 5.73 Å². The van der Waals surface area contributed by atoms with Gasteiger partial charge >= 0.3 is 6.18 Å². The van der Waals surface area contributed by atoms with Crippen molar-refractivity contribution in [3.05, 3.63) is 35.1 Å². The van der Waals surface area contributed by atoms with Crippen molar-refractivity contribution in [3.8, 4) is 0 Å². The zero-order chi connectivity index (χ0) is 15.6. The quantitative estimate of drug-likeness (QED) is 0.872. The van der Waals surface area contributed by atoms with Crippen molar-refractivity contribution in [3.63, 3.8) is 0 Å². The highest BCUT2D eigenvalue weighted by Crippen LogP contribution is 2.30. The van der Waals surface area contributed by atoms with Crippen molar-refractivity contribution < 1.29 is 22.3 Å². The fourth-order valence-corrected chi connectivity index (χ4v) is 2.36. The Labute approximate surface area is 120 Å². The Morgan fingerprint density at radius 2 is 2.10 bits per heavy atom. The number of hydrogen-bond donors (Lipinski definition) is 1. The lowest BCUT2D eigenvalue weighted by atomic mass is 10.1. The van der Waals surface area contributed by atoms with Crippen LogP contribution >= 0.6 is 0 Å². The lowest BCUT2D eigenvalue weighted by Gasteiger charge is -2.34. The van der Waals surface area contributed by atoms with Gasteiger partial charge in [-0.2, -0.15) is 13.2 Å². The monoisotopic (exact) mass is 306 g/mol. The van der Waals surface area contributed by atoms with E-state index < -0.39 is 17.6 Å². The van der Waals surface area contributed by atoms with Gasteiger partial charge < -0.3 is 10.5 Å². The maximum atomic E-state index is 13.4. The minimum atomic E-state index is -4.55. The summed E-state index contributed by atoms with van der Waals surface area (Å²) in [6.07, 6.45) is -4.70. The molecule has 0 saturated carbocycles. The maximum absolute atomic E-state index is 13.4. The minimum Gasteiger partial charge on any atom is -0.374 e. The lowest BCUT2D eigenvalue weighted by molar-refractivity contribution is -0.137. The number of hydrogen-bond acceptors (Lipinski definition) is 3. The van der Waals surface area contributed by atoms with Crippen molar-refractivity contribution in [2.24, 2.45) is 5.73 Å². The molecule has 0 aromatic heterocycles. The van der Waals surface area contributed by atoms with Crippen LogP contribution in [0.2, 0.25) is 0 Å². The third-order valence-electron chi connectivity index (χ3n) is 3.46. The summed E-state index contributed by atoms with van der Waals surface area (Å²) in [5.41, 5.74) is 5.10. The Kier molecular flexibility index (Phi) is 4.85. The number of halogens is 4. The number of nitrogens with two attached hydrogens (primary N) is 1. The second kappa shape index (κ2) is 6.29. The minimum absolute atomic E-state index is 0.158. The summed E-state index contributed by atoms with van der Waals surface area (Å²) in [5, 5.41) is 0. The molecule has 1 aromatic carbocycles. The zero-order valence-corrected chi connectivity index (χ0v) is 11.7. The van der Waals surface area contributed by atoms with Crippen LogP contribution in [0, 0.1) is 5.82 Å². The van der Waals surface area contributed by atoms with Gasteiger partial charge in [-0.1, -0.05) is 0 Å². The molecule has 2 atom stereocenters. The van der Waals surface area contributed by atoms with E-state index in [2.05, 4.69) is 0 Å². The number of morpholine rings is 1. The van der Waals surface area contributed by atoms with E-state index in [1.165, 1.54) is 0 Å². The molecule has 0 spiro atoms. The van der Waals surface area contributed by atoms with Gasteiger partial charge in [0.1, 0.15) is 5.82 Å². The Morgan fingerprint density at radius 3 is 2.71 bits per heavy atom. The maximum Gasteiger partial charge on any atom is 0.416 e. The molecule has 0 amide bonds. The lowest BCUT2D eigenvalue weighted by Crippen LogP contribution is -2.49. The number of benzene rings is 1. The van der Waals surface area contributed by atoms with Crippen LogP contribution in [0.15, 0.2) is 18.2 Å². The Hall–Kier alpha value is -1.18. The number of nitrogens with zero attached hydrogens (tertiary/aromatic N) is 1. The molecule has 0 aliphatic carbocycles. The zero-order valence-electron chi connectivity index (χ0n) is 11.7. The van der Waals surface area contributed by atoms with E-state index >= 15 is 0 Å². The topological polar surface area (TPSA) is 38.5 Å². The summed E-state index contributed by atoms with van der Waals surface area (Å²) in [4.78, 5) is 1.92. The average molecular weight is 306 g/mol. The highest BCUT2D eigenvalue weighted by molar-refractivity contribution is 5.26. The van der Waals surface area contributed by atoms with Crippen LogP contribution in [0.5, 0.6) is 0 Å². The fourth-order valence-electron chi connectivity index (χ4n) is 2.36. The smallest absolute Gasteiger partial charge is 0.374 e. The van der Waals surface area contributed by atoms with Crippen LogP contribution in [0.1, 0.15) is 18.1 Å². The number of ether oxygens (including phenoxy) is 1. The normalized spacial score (nSPS) is 22.3. The Bertz CT molecular complexity index is 490. The van der Waals surface area contributed by atoms with Gasteiger partial charge in [-0.25, -0.2) is 4.39 Å². The van der Waals surface area contributed by atoms with Gasteiger partial charge in [0.05, 0.1) is 18.3 Å². The van der Waals surface area contributed by atoms with E-state index in [9.17, 15) is 17.6 Å². The van der Waals surface area contributed by atoms with Crippen LogP contribution in [0.4, 0.5) is 17.6 Å². The first-order valence-electron chi connectivity index (χ1n) is 6.72. The van der Waals surface area contributed by atoms with E-state index in [0.29, 0.717) is 31.3 Å². The van der Waals surface area contributed by atoms with Crippen molar-refractivity contribution in [1.29, 1.82) is 0 Å². The molecule has 21 heavy (non-hydrogen) atoms. The van der Waals surface area contributed by atoms with Gasteiger partial charge in [0.25, 0.3) is 0 Å². The molecular formula is C14H18F4N2O. The first-order valence-corrected chi connectivity index (χ1v) is 6.72. The van der Waals surface area contributed by atoms with E-state index in [4.69, 9.17) is 10.5 Å². The van der Waals surface area contributed by atoms with Crippen LogP contribution in [-0.4, -0.2) is 36.7 Å².